The second-order valence-electron chi connectivity index (χ2n) is 7.01. The third-order valence-corrected chi connectivity index (χ3v) is 5.08. The van der Waals surface area contributed by atoms with Gasteiger partial charge in [-0.05, 0) is 53.2 Å². The number of ether oxygens (including phenoxy) is 1. The van der Waals surface area contributed by atoms with Crippen LogP contribution in [-0.2, 0) is 17.8 Å². The third kappa shape index (κ3) is 7.89. The summed E-state index contributed by atoms with van der Waals surface area (Å²) in [4.78, 5) is 6.84. The van der Waals surface area contributed by atoms with Crippen molar-refractivity contribution >= 4 is 5.96 Å². The minimum absolute atomic E-state index is 0.387. The lowest BCUT2D eigenvalue weighted by Gasteiger charge is -2.21. The van der Waals surface area contributed by atoms with E-state index in [1.807, 2.05) is 11.7 Å². The van der Waals surface area contributed by atoms with Crippen LogP contribution in [0.25, 0.3) is 0 Å². The molecule has 0 radical (unpaired) electrons. The molecule has 1 rings (SSSR count). The number of aryl methyl sites for hydroxylation is 1. The normalized spacial score (nSPS) is 13.3. The molecule has 0 saturated heterocycles. The molecule has 27 heavy (non-hydrogen) atoms. The SMILES string of the molecule is CCN(CC)CCCC(C)NC(=NC)NCc1c(C)nn(CCOC)c1C. The van der Waals surface area contributed by atoms with Gasteiger partial charge in [0.1, 0.15) is 0 Å². The van der Waals surface area contributed by atoms with Gasteiger partial charge in [-0.3, -0.25) is 9.67 Å². The molecule has 7 nitrogen and oxygen atoms in total. The molecule has 0 aliphatic heterocycles. The summed E-state index contributed by atoms with van der Waals surface area (Å²) in [5.41, 5.74) is 3.46. The topological polar surface area (TPSA) is 66.7 Å². The van der Waals surface area contributed by atoms with E-state index in [4.69, 9.17) is 4.74 Å². The lowest BCUT2D eigenvalue weighted by atomic mass is 10.1. The fourth-order valence-corrected chi connectivity index (χ4v) is 3.22. The molecule has 0 aromatic carbocycles. The molecule has 0 fully saturated rings. The molecular weight excluding hydrogens is 340 g/mol. The van der Waals surface area contributed by atoms with Crippen molar-refractivity contribution < 1.29 is 4.74 Å². The summed E-state index contributed by atoms with van der Waals surface area (Å²) in [7, 11) is 3.53. The van der Waals surface area contributed by atoms with Gasteiger partial charge in [-0.1, -0.05) is 13.8 Å². The highest BCUT2D eigenvalue weighted by Gasteiger charge is 2.12. The highest BCUT2D eigenvalue weighted by molar-refractivity contribution is 5.79. The van der Waals surface area contributed by atoms with Crippen LogP contribution < -0.4 is 10.6 Å². The highest BCUT2D eigenvalue weighted by atomic mass is 16.5. The molecule has 1 aromatic rings. The predicted molar refractivity (Wildman–Crippen MR) is 113 cm³/mol. The van der Waals surface area contributed by atoms with E-state index in [9.17, 15) is 0 Å². The lowest BCUT2D eigenvalue weighted by molar-refractivity contribution is 0.182. The Morgan fingerprint density at radius 3 is 2.59 bits per heavy atom. The minimum Gasteiger partial charge on any atom is -0.383 e. The van der Waals surface area contributed by atoms with Crippen LogP contribution in [0.1, 0.15) is 50.6 Å². The number of aliphatic imine (C=N–C) groups is 1. The van der Waals surface area contributed by atoms with E-state index in [-0.39, 0.29) is 0 Å². The Morgan fingerprint density at radius 2 is 2.00 bits per heavy atom. The molecule has 1 unspecified atom stereocenters. The van der Waals surface area contributed by atoms with E-state index in [0.29, 0.717) is 12.6 Å². The van der Waals surface area contributed by atoms with Crippen molar-refractivity contribution in [3.05, 3.63) is 17.0 Å². The molecule has 1 aromatic heterocycles. The molecule has 0 spiro atoms. The van der Waals surface area contributed by atoms with Gasteiger partial charge < -0.3 is 20.3 Å². The van der Waals surface area contributed by atoms with E-state index < -0.39 is 0 Å². The summed E-state index contributed by atoms with van der Waals surface area (Å²) >= 11 is 0. The number of methoxy groups -OCH3 is 1. The maximum atomic E-state index is 5.16. The molecule has 0 aliphatic carbocycles. The first-order valence-electron chi connectivity index (χ1n) is 10.2. The Kier molecular flexibility index (Phi) is 11.0. The van der Waals surface area contributed by atoms with Crippen molar-refractivity contribution in [3.63, 3.8) is 0 Å². The summed E-state index contributed by atoms with van der Waals surface area (Å²) in [6.07, 6.45) is 2.32. The molecule has 0 bridgehead atoms. The van der Waals surface area contributed by atoms with Crippen LogP contribution >= 0.6 is 0 Å². The van der Waals surface area contributed by atoms with Gasteiger partial charge in [-0.25, -0.2) is 0 Å². The van der Waals surface area contributed by atoms with Crippen LogP contribution in [0.15, 0.2) is 4.99 Å². The van der Waals surface area contributed by atoms with Crippen molar-refractivity contribution in [3.8, 4) is 0 Å². The van der Waals surface area contributed by atoms with Crippen LogP contribution in [0.3, 0.4) is 0 Å². The van der Waals surface area contributed by atoms with E-state index in [0.717, 1.165) is 50.8 Å². The monoisotopic (exact) mass is 380 g/mol. The van der Waals surface area contributed by atoms with Gasteiger partial charge in [-0.2, -0.15) is 5.10 Å². The number of guanidine groups is 1. The molecule has 1 heterocycles. The Labute approximate surface area is 165 Å². The van der Waals surface area contributed by atoms with Gasteiger partial charge in [0, 0.05) is 38.0 Å². The summed E-state index contributed by atoms with van der Waals surface area (Å²) in [6.45, 7) is 16.4. The van der Waals surface area contributed by atoms with Crippen molar-refractivity contribution in [2.75, 3.05) is 40.4 Å². The third-order valence-electron chi connectivity index (χ3n) is 5.08. The largest absolute Gasteiger partial charge is 0.383 e. The zero-order valence-electron chi connectivity index (χ0n) is 18.4. The first kappa shape index (κ1) is 23.4. The Balaban J connectivity index is 2.49. The molecule has 7 heteroatoms. The van der Waals surface area contributed by atoms with Crippen molar-refractivity contribution in [2.24, 2.45) is 4.99 Å². The van der Waals surface area contributed by atoms with Gasteiger partial charge in [0.05, 0.1) is 18.8 Å². The van der Waals surface area contributed by atoms with Crippen molar-refractivity contribution in [1.29, 1.82) is 0 Å². The summed E-state index contributed by atoms with van der Waals surface area (Å²) < 4.78 is 7.18. The first-order chi connectivity index (χ1) is 13.0. The maximum absolute atomic E-state index is 5.16. The van der Waals surface area contributed by atoms with E-state index in [2.05, 4.69) is 60.2 Å². The first-order valence-corrected chi connectivity index (χ1v) is 10.2. The summed E-state index contributed by atoms with van der Waals surface area (Å²) in [5.74, 6) is 0.841. The second kappa shape index (κ2) is 12.7. The van der Waals surface area contributed by atoms with Gasteiger partial charge in [-0.15, -0.1) is 0 Å². The smallest absolute Gasteiger partial charge is 0.191 e. The summed E-state index contributed by atoms with van der Waals surface area (Å²) in [5, 5.41) is 11.6. The average molecular weight is 381 g/mol. The Hall–Kier alpha value is -1.60. The average Bonchev–Trinajstić information content (AvgIpc) is 2.93. The zero-order chi connectivity index (χ0) is 20.2. The maximum Gasteiger partial charge on any atom is 0.191 e. The molecule has 0 saturated carbocycles. The van der Waals surface area contributed by atoms with E-state index in [1.54, 1.807) is 7.11 Å². The molecule has 156 valence electrons. The molecule has 0 amide bonds. The van der Waals surface area contributed by atoms with E-state index in [1.165, 1.54) is 17.7 Å². The Morgan fingerprint density at radius 1 is 1.30 bits per heavy atom. The van der Waals surface area contributed by atoms with Crippen LogP contribution in [0.5, 0.6) is 0 Å². The number of aromatic nitrogens is 2. The summed E-state index contributed by atoms with van der Waals surface area (Å²) in [6, 6.07) is 0.387. The van der Waals surface area contributed by atoms with Crippen LogP contribution in [0.4, 0.5) is 0 Å². The molecule has 2 N–H and O–H groups in total. The van der Waals surface area contributed by atoms with E-state index >= 15 is 0 Å². The lowest BCUT2D eigenvalue weighted by Crippen LogP contribution is -2.42. The molecule has 1 atom stereocenters. The minimum atomic E-state index is 0.387. The number of rotatable bonds is 12. The van der Waals surface area contributed by atoms with Gasteiger partial charge >= 0.3 is 0 Å². The van der Waals surface area contributed by atoms with Crippen molar-refractivity contribution in [2.45, 2.75) is 66.6 Å². The highest BCUT2D eigenvalue weighted by Crippen LogP contribution is 2.12. The molecular formula is C20H40N6O. The number of hydrogen-bond donors (Lipinski definition) is 2. The van der Waals surface area contributed by atoms with Crippen LogP contribution in [-0.4, -0.2) is 67.1 Å². The van der Waals surface area contributed by atoms with Gasteiger partial charge in [0.2, 0.25) is 0 Å². The second-order valence-corrected chi connectivity index (χ2v) is 7.01. The fraction of sp³-hybridized carbons (Fsp3) is 0.800. The fourth-order valence-electron chi connectivity index (χ4n) is 3.22. The Bertz CT molecular complexity index is 565. The van der Waals surface area contributed by atoms with Crippen LogP contribution in [0.2, 0.25) is 0 Å². The predicted octanol–water partition coefficient (Wildman–Crippen LogP) is 2.32. The van der Waals surface area contributed by atoms with Gasteiger partial charge in [0.25, 0.3) is 0 Å². The molecule has 0 aliphatic rings. The van der Waals surface area contributed by atoms with Crippen LogP contribution in [0, 0.1) is 13.8 Å². The quantitative estimate of drug-likeness (QED) is 0.430. The standard InChI is InChI=1S/C20H40N6O/c1-8-25(9-2)12-10-11-16(3)23-20(21-6)22-15-19-17(4)24-26(18(19)5)13-14-27-7/h16H,8-15H2,1-7H3,(H2,21,22,23). The van der Waals surface area contributed by atoms with Crippen molar-refractivity contribution in [1.82, 2.24) is 25.3 Å². The van der Waals surface area contributed by atoms with Gasteiger partial charge in [0.15, 0.2) is 5.96 Å². The number of nitrogens with one attached hydrogen (secondary N) is 2. The zero-order valence-corrected chi connectivity index (χ0v) is 18.4. The number of hydrogen-bond acceptors (Lipinski definition) is 4. The number of nitrogens with zero attached hydrogens (tertiary/aromatic N) is 4.